The summed E-state index contributed by atoms with van der Waals surface area (Å²) in [7, 11) is 0. The van der Waals surface area contributed by atoms with E-state index in [4.69, 9.17) is 11.6 Å². The molecular formula is C4H8N6. The average molecular weight is 140 g/mol. The Kier molecular flexibility index (Phi) is 1.63. The molecule has 1 aromatic rings. The van der Waals surface area contributed by atoms with Crippen molar-refractivity contribution in [3.05, 3.63) is 5.82 Å². The van der Waals surface area contributed by atoms with E-state index in [1.165, 1.54) is 0 Å². The van der Waals surface area contributed by atoms with Crippen LogP contribution in [0.1, 0.15) is 5.82 Å². The number of rotatable bonds is 1. The molecule has 54 valence electrons. The highest BCUT2D eigenvalue weighted by atomic mass is 15.3. The summed E-state index contributed by atoms with van der Waals surface area (Å²) >= 11 is 0. The molecule has 0 atom stereocenters. The number of nitrogen functional groups attached to an aromatic ring is 2. The lowest BCUT2D eigenvalue weighted by molar-refractivity contribution is 0.916. The van der Waals surface area contributed by atoms with Crippen molar-refractivity contribution >= 4 is 11.6 Å². The Balaban J connectivity index is 3.09. The summed E-state index contributed by atoms with van der Waals surface area (Å²) in [5.41, 5.74) is 7.62. The van der Waals surface area contributed by atoms with Gasteiger partial charge in [-0.05, 0) is 6.92 Å². The second kappa shape index (κ2) is 2.44. The highest BCUT2D eigenvalue weighted by Crippen LogP contribution is 2.06. The van der Waals surface area contributed by atoms with Crippen LogP contribution in [0.4, 0.5) is 11.6 Å². The van der Waals surface area contributed by atoms with Gasteiger partial charge >= 0.3 is 0 Å². The number of nitrogens with one attached hydrogen (secondary N) is 1. The van der Waals surface area contributed by atoms with Gasteiger partial charge in [0.2, 0.25) is 0 Å². The molecule has 0 amide bonds. The summed E-state index contributed by atoms with van der Waals surface area (Å²) < 4.78 is 0. The van der Waals surface area contributed by atoms with E-state index >= 15 is 0 Å². The summed E-state index contributed by atoms with van der Waals surface area (Å²) in [6, 6.07) is 0. The molecule has 1 aromatic heterocycles. The SMILES string of the molecule is Cc1nnc(N)c(NN)n1. The molecule has 0 aliphatic heterocycles. The molecule has 6 nitrogen and oxygen atoms in total. The molecule has 0 radical (unpaired) electrons. The average Bonchev–Trinajstić information content (AvgIpc) is 1.94. The van der Waals surface area contributed by atoms with Crippen LogP contribution in [0.25, 0.3) is 0 Å². The van der Waals surface area contributed by atoms with E-state index in [-0.39, 0.29) is 5.82 Å². The lowest BCUT2D eigenvalue weighted by Crippen LogP contribution is -2.13. The molecule has 0 aromatic carbocycles. The molecule has 0 spiro atoms. The number of hydrogen-bond acceptors (Lipinski definition) is 6. The molecule has 0 saturated carbocycles. The first-order valence-corrected chi connectivity index (χ1v) is 2.67. The molecule has 0 aliphatic rings. The maximum absolute atomic E-state index is 5.32. The van der Waals surface area contributed by atoms with E-state index in [2.05, 4.69) is 20.6 Å². The summed E-state index contributed by atoms with van der Waals surface area (Å²) in [5, 5.41) is 7.18. The highest BCUT2D eigenvalue weighted by molar-refractivity contribution is 5.53. The Bertz CT molecular complexity index is 233. The Hall–Kier alpha value is -1.43. The van der Waals surface area contributed by atoms with Gasteiger partial charge in [0.1, 0.15) is 0 Å². The molecule has 6 heteroatoms. The van der Waals surface area contributed by atoms with Crippen molar-refractivity contribution in [2.75, 3.05) is 11.2 Å². The number of anilines is 2. The van der Waals surface area contributed by atoms with Crippen LogP contribution < -0.4 is 17.0 Å². The topological polar surface area (TPSA) is 103 Å². The highest BCUT2D eigenvalue weighted by Gasteiger charge is 1.99. The van der Waals surface area contributed by atoms with Crippen molar-refractivity contribution in [2.24, 2.45) is 5.84 Å². The van der Waals surface area contributed by atoms with Gasteiger partial charge in [0.25, 0.3) is 0 Å². The van der Waals surface area contributed by atoms with Gasteiger partial charge in [0.05, 0.1) is 0 Å². The van der Waals surface area contributed by atoms with E-state index in [0.717, 1.165) is 0 Å². The van der Waals surface area contributed by atoms with Crippen LogP contribution in [0.2, 0.25) is 0 Å². The van der Waals surface area contributed by atoms with Crippen molar-refractivity contribution in [1.82, 2.24) is 15.2 Å². The Morgan fingerprint density at radius 3 is 2.60 bits per heavy atom. The number of nitrogens with zero attached hydrogens (tertiary/aromatic N) is 3. The number of aryl methyl sites for hydroxylation is 1. The quantitative estimate of drug-likeness (QED) is 0.343. The summed E-state index contributed by atoms with van der Waals surface area (Å²) in [6.07, 6.45) is 0. The van der Waals surface area contributed by atoms with Crippen LogP contribution in [-0.4, -0.2) is 15.2 Å². The third kappa shape index (κ3) is 1.11. The molecule has 0 bridgehead atoms. The smallest absolute Gasteiger partial charge is 0.190 e. The third-order valence-corrected chi connectivity index (χ3v) is 0.955. The molecule has 0 fully saturated rings. The Labute approximate surface area is 57.6 Å². The van der Waals surface area contributed by atoms with E-state index in [1.807, 2.05) is 0 Å². The predicted molar refractivity (Wildman–Crippen MR) is 36.8 cm³/mol. The maximum atomic E-state index is 5.32. The number of hydrogen-bond donors (Lipinski definition) is 3. The predicted octanol–water partition coefficient (Wildman–Crippen LogP) is -0.952. The fourth-order valence-corrected chi connectivity index (χ4v) is 0.521. The summed E-state index contributed by atoms with van der Waals surface area (Å²) in [6.45, 7) is 1.70. The lowest BCUT2D eigenvalue weighted by Gasteiger charge is -2.00. The fourth-order valence-electron chi connectivity index (χ4n) is 0.521. The van der Waals surface area contributed by atoms with Crippen LogP contribution in [0, 0.1) is 6.92 Å². The monoisotopic (exact) mass is 140 g/mol. The first-order chi connectivity index (χ1) is 4.74. The van der Waals surface area contributed by atoms with E-state index in [1.54, 1.807) is 6.92 Å². The normalized spacial score (nSPS) is 9.40. The maximum Gasteiger partial charge on any atom is 0.190 e. The van der Waals surface area contributed by atoms with Crippen LogP contribution in [-0.2, 0) is 0 Å². The number of nitrogens with two attached hydrogens (primary N) is 2. The molecule has 5 N–H and O–H groups in total. The van der Waals surface area contributed by atoms with Gasteiger partial charge in [-0.25, -0.2) is 10.8 Å². The zero-order chi connectivity index (χ0) is 7.56. The zero-order valence-electron chi connectivity index (χ0n) is 5.50. The van der Waals surface area contributed by atoms with Crippen molar-refractivity contribution in [1.29, 1.82) is 0 Å². The minimum atomic E-state index is 0.202. The van der Waals surface area contributed by atoms with E-state index in [9.17, 15) is 0 Å². The van der Waals surface area contributed by atoms with E-state index < -0.39 is 0 Å². The van der Waals surface area contributed by atoms with Gasteiger partial charge in [-0.2, -0.15) is 0 Å². The van der Waals surface area contributed by atoms with Crippen molar-refractivity contribution in [3.63, 3.8) is 0 Å². The third-order valence-electron chi connectivity index (χ3n) is 0.955. The summed E-state index contributed by atoms with van der Waals surface area (Å²) in [5.74, 6) is 6.15. The van der Waals surface area contributed by atoms with Crippen molar-refractivity contribution in [2.45, 2.75) is 6.92 Å². The molecule has 0 saturated heterocycles. The van der Waals surface area contributed by atoms with Crippen molar-refractivity contribution < 1.29 is 0 Å². The molecule has 10 heavy (non-hydrogen) atoms. The molecule has 1 rings (SSSR count). The van der Waals surface area contributed by atoms with Crippen LogP contribution in [0.15, 0.2) is 0 Å². The van der Waals surface area contributed by atoms with Crippen LogP contribution in [0.3, 0.4) is 0 Å². The van der Waals surface area contributed by atoms with Crippen LogP contribution in [0.5, 0.6) is 0 Å². The fraction of sp³-hybridized carbons (Fsp3) is 0.250. The van der Waals surface area contributed by atoms with Gasteiger partial charge in [0.15, 0.2) is 17.5 Å². The minimum Gasteiger partial charge on any atom is -0.379 e. The molecular weight excluding hydrogens is 132 g/mol. The molecule has 1 heterocycles. The zero-order valence-corrected chi connectivity index (χ0v) is 5.50. The van der Waals surface area contributed by atoms with Gasteiger partial charge in [-0.15, -0.1) is 10.2 Å². The van der Waals surface area contributed by atoms with Gasteiger partial charge < -0.3 is 11.2 Å². The first kappa shape index (κ1) is 6.69. The largest absolute Gasteiger partial charge is 0.379 e. The first-order valence-electron chi connectivity index (χ1n) is 2.67. The van der Waals surface area contributed by atoms with Gasteiger partial charge in [-0.1, -0.05) is 0 Å². The summed E-state index contributed by atoms with van der Waals surface area (Å²) in [4.78, 5) is 3.86. The van der Waals surface area contributed by atoms with Gasteiger partial charge in [0, 0.05) is 0 Å². The number of aromatic nitrogens is 3. The second-order valence-electron chi connectivity index (χ2n) is 1.74. The number of hydrazine groups is 1. The van der Waals surface area contributed by atoms with Gasteiger partial charge in [-0.3, -0.25) is 0 Å². The Morgan fingerprint density at radius 2 is 2.10 bits per heavy atom. The Morgan fingerprint density at radius 1 is 1.40 bits per heavy atom. The second-order valence-corrected chi connectivity index (χ2v) is 1.74. The minimum absolute atomic E-state index is 0.202. The lowest BCUT2D eigenvalue weighted by atomic mass is 10.6. The standard InChI is InChI=1S/C4H8N6/c1-2-7-4(8-6)3(5)10-9-2/h6H2,1H3,(H2,5,10)(H,7,8,9). The van der Waals surface area contributed by atoms with E-state index in [0.29, 0.717) is 11.6 Å². The van der Waals surface area contributed by atoms with Crippen molar-refractivity contribution in [3.8, 4) is 0 Å². The molecule has 0 unspecified atom stereocenters. The molecule has 0 aliphatic carbocycles. The van der Waals surface area contributed by atoms with Crippen LogP contribution >= 0.6 is 0 Å².